The van der Waals surface area contributed by atoms with Gasteiger partial charge in [0.1, 0.15) is 0 Å². The van der Waals surface area contributed by atoms with Gasteiger partial charge in [0.2, 0.25) is 5.91 Å². The summed E-state index contributed by atoms with van der Waals surface area (Å²) in [4.78, 5) is 25.0. The summed E-state index contributed by atoms with van der Waals surface area (Å²) >= 11 is 6.05. The van der Waals surface area contributed by atoms with E-state index in [9.17, 15) is 9.59 Å². The molecule has 0 radical (unpaired) electrons. The highest BCUT2D eigenvalue weighted by molar-refractivity contribution is 6.30. The first-order chi connectivity index (χ1) is 11.5. The van der Waals surface area contributed by atoms with Gasteiger partial charge in [-0.05, 0) is 30.0 Å². The molecule has 0 unspecified atom stereocenters. The number of carbonyl (C=O) groups is 2. The Hall–Kier alpha value is -1.79. The van der Waals surface area contributed by atoms with Gasteiger partial charge < -0.3 is 16.4 Å². The molecule has 1 aliphatic heterocycles. The van der Waals surface area contributed by atoms with E-state index in [1.807, 2.05) is 18.2 Å². The summed E-state index contributed by atoms with van der Waals surface area (Å²) in [5, 5.41) is 6.08. The van der Waals surface area contributed by atoms with Crippen molar-refractivity contribution in [1.29, 1.82) is 0 Å². The molecule has 2 rings (SSSR count). The van der Waals surface area contributed by atoms with Gasteiger partial charge in [-0.15, -0.1) is 0 Å². The smallest absolute Gasteiger partial charge is 0.312 e. The van der Waals surface area contributed by atoms with Crippen LogP contribution in [0.15, 0.2) is 24.3 Å². The summed E-state index contributed by atoms with van der Waals surface area (Å²) in [6.07, 6.45) is 2.13. The zero-order valence-corrected chi connectivity index (χ0v) is 14.7. The molecule has 0 aromatic heterocycles. The number of nitrogens with one attached hydrogen (secondary N) is 2. The number of nitrogens with two attached hydrogens (primary N) is 1. The van der Waals surface area contributed by atoms with Gasteiger partial charge >= 0.3 is 6.03 Å². The highest BCUT2D eigenvalue weighted by Gasteiger charge is 2.32. The number of halogens is 1. The van der Waals surface area contributed by atoms with Crippen molar-refractivity contribution in [3.05, 3.63) is 34.9 Å². The molecule has 1 fully saturated rings. The normalized spacial score (nSPS) is 20.8. The zero-order valence-electron chi connectivity index (χ0n) is 13.9. The Kier molecular flexibility index (Phi) is 6.87. The van der Waals surface area contributed by atoms with Crippen LogP contribution in [0.2, 0.25) is 5.02 Å². The number of urea groups is 1. The summed E-state index contributed by atoms with van der Waals surface area (Å²) in [6.45, 7) is 4.60. The average molecular weight is 353 g/mol. The number of hydrogen-bond acceptors (Lipinski definition) is 3. The molecular formula is C17H25ClN4O2. The molecule has 1 aliphatic rings. The van der Waals surface area contributed by atoms with Crippen LogP contribution in [0.3, 0.4) is 0 Å². The molecule has 0 bridgehead atoms. The lowest BCUT2D eigenvalue weighted by Crippen LogP contribution is -2.46. The molecule has 4 N–H and O–H groups in total. The van der Waals surface area contributed by atoms with Gasteiger partial charge in [0, 0.05) is 30.7 Å². The van der Waals surface area contributed by atoms with Crippen LogP contribution in [0.1, 0.15) is 25.3 Å². The van der Waals surface area contributed by atoms with Crippen molar-refractivity contribution in [1.82, 2.24) is 15.5 Å². The molecule has 6 nitrogen and oxygen atoms in total. The predicted molar refractivity (Wildman–Crippen MR) is 94.6 cm³/mol. The minimum atomic E-state index is -0.690. The van der Waals surface area contributed by atoms with Crippen molar-refractivity contribution in [3.63, 3.8) is 0 Å². The zero-order chi connectivity index (χ0) is 17.5. The molecule has 1 aromatic carbocycles. The fourth-order valence-electron chi connectivity index (χ4n) is 3.24. The summed E-state index contributed by atoms with van der Waals surface area (Å²) in [6, 6.07) is 7.24. The van der Waals surface area contributed by atoms with Crippen molar-refractivity contribution in [2.75, 3.05) is 19.6 Å². The molecule has 7 heteroatoms. The number of likely N-dealkylation sites (tertiary alicyclic amines) is 1. The minimum absolute atomic E-state index is 0.0844. The molecule has 132 valence electrons. The third kappa shape index (κ3) is 5.69. The maximum atomic E-state index is 11.9. The Morgan fingerprint density at radius 3 is 2.83 bits per heavy atom. The number of carbonyl (C=O) groups excluding carboxylic acids is 2. The Morgan fingerprint density at radius 1 is 1.38 bits per heavy atom. The first kappa shape index (κ1) is 18.5. The molecule has 0 saturated carbocycles. The lowest BCUT2D eigenvalue weighted by molar-refractivity contribution is -0.120. The lowest BCUT2D eigenvalue weighted by atomic mass is 9.98. The Morgan fingerprint density at radius 2 is 2.17 bits per heavy atom. The van der Waals surface area contributed by atoms with Gasteiger partial charge in [0.15, 0.2) is 0 Å². The van der Waals surface area contributed by atoms with E-state index in [2.05, 4.69) is 28.5 Å². The van der Waals surface area contributed by atoms with Crippen molar-refractivity contribution in [2.24, 2.45) is 11.7 Å². The summed E-state index contributed by atoms with van der Waals surface area (Å²) in [5.41, 5.74) is 6.16. The van der Waals surface area contributed by atoms with Gasteiger partial charge in [-0.1, -0.05) is 37.1 Å². The molecule has 1 aromatic rings. The number of hydrogen-bond donors (Lipinski definition) is 3. The molecule has 0 aliphatic carbocycles. The van der Waals surface area contributed by atoms with Crippen LogP contribution in [-0.4, -0.2) is 42.5 Å². The highest BCUT2D eigenvalue weighted by Crippen LogP contribution is 2.24. The molecule has 24 heavy (non-hydrogen) atoms. The molecule has 2 atom stereocenters. The molecule has 1 saturated heterocycles. The van der Waals surface area contributed by atoms with Crippen molar-refractivity contribution < 1.29 is 9.59 Å². The molecule has 1 heterocycles. The second-order valence-electron chi connectivity index (χ2n) is 6.26. The molecule has 3 amide bonds. The number of amides is 3. The quantitative estimate of drug-likeness (QED) is 0.698. The van der Waals surface area contributed by atoms with Crippen LogP contribution in [-0.2, 0) is 11.3 Å². The minimum Gasteiger partial charge on any atom is -0.352 e. The van der Waals surface area contributed by atoms with E-state index in [0.29, 0.717) is 5.92 Å². The van der Waals surface area contributed by atoms with Gasteiger partial charge in [-0.3, -0.25) is 9.69 Å². The third-order valence-corrected chi connectivity index (χ3v) is 4.48. The SMILES string of the molecule is CCC[C@@H]1CN(Cc2cccc(Cl)c2)C[C@H]1NC(=O)CNC(N)=O. The standard InChI is InChI=1S/C17H25ClN4O2/c1-2-4-13-10-22(9-12-5-3-6-14(18)7-12)11-15(13)21-16(23)8-20-17(19)24/h3,5-7,13,15H,2,4,8-11H2,1H3,(H,21,23)(H3,19,20,24)/t13-,15-/m1/s1. The van der Waals surface area contributed by atoms with Crippen molar-refractivity contribution in [3.8, 4) is 0 Å². The maximum absolute atomic E-state index is 11.9. The Balaban J connectivity index is 1.92. The molecular weight excluding hydrogens is 328 g/mol. The van der Waals surface area contributed by atoms with Gasteiger partial charge in [-0.25, -0.2) is 4.79 Å². The van der Waals surface area contributed by atoms with E-state index >= 15 is 0 Å². The van der Waals surface area contributed by atoms with E-state index in [0.717, 1.165) is 37.5 Å². The predicted octanol–water partition coefficient (Wildman–Crippen LogP) is 1.72. The van der Waals surface area contributed by atoms with Crippen LogP contribution in [0.4, 0.5) is 4.79 Å². The second-order valence-corrected chi connectivity index (χ2v) is 6.70. The van der Waals surface area contributed by atoms with Gasteiger partial charge in [-0.2, -0.15) is 0 Å². The monoisotopic (exact) mass is 352 g/mol. The van der Waals surface area contributed by atoms with E-state index in [1.165, 1.54) is 5.56 Å². The van der Waals surface area contributed by atoms with Crippen LogP contribution < -0.4 is 16.4 Å². The third-order valence-electron chi connectivity index (χ3n) is 4.24. The largest absolute Gasteiger partial charge is 0.352 e. The summed E-state index contributed by atoms with van der Waals surface area (Å²) in [5.74, 6) is 0.205. The lowest BCUT2D eigenvalue weighted by Gasteiger charge is -2.19. The van der Waals surface area contributed by atoms with E-state index in [1.54, 1.807) is 0 Å². The first-order valence-electron chi connectivity index (χ1n) is 8.27. The number of rotatable bonds is 7. The van der Waals surface area contributed by atoms with Gasteiger partial charge in [0.05, 0.1) is 6.54 Å². The fourth-order valence-corrected chi connectivity index (χ4v) is 3.45. The van der Waals surface area contributed by atoms with Crippen LogP contribution >= 0.6 is 11.6 Å². The van der Waals surface area contributed by atoms with E-state index in [-0.39, 0.29) is 18.5 Å². The fraction of sp³-hybridized carbons (Fsp3) is 0.529. The summed E-state index contributed by atoms with van der Waals surface area (Å²) in [7, 11) is 0. The van der Waals surface area contributed by atoms with Crippen LogP contribution in [0, 0.1) is 5.92 Å². The van der Waals surface area contributed by atoms with Crippen LogP contribution in [0.25, 0.3) is 0 Å². The topological polar surface area (TPSA) is 87.5 Å². The maximum Gasteiger partial charge on any atom is 0.312 e. The van der Waals surface area contributed by atoms with Crippen molar-refractivity contribution in [2.45, 2.75) is 32.4 Å². The van der Waals surface area contributed by atoms with Crippen molar-refractivity contribution >= 4 is 23.5 Å². The second kappa shape index (κ2) is 8.89. The average Bonchev–Trinajstić information content (AvgIpc) is 2.87. The number of nitrogens with zero attached hydrogens (tertiary/aromatic N) is 1. The Bertz CT molecular complexity index is 581. The first-order valence-corrected chi connectivity index (χ1v) is 8.65. The number of primary amides is 1. The van der Waals surface area contributed by atoms with E-state index in [4.69, 9.17) is 17.3 Å². The van der Waals surface area contributed by atoms with Gasteiger partial charge in [0.25, 0.3) is 0 Å². The Labute approximate surface area is 147 Å². The molecule has 0 spiro atoms. The highest BCUT2D eigenvalue weighted by atomic mass is 35.5. The van der Waals surface area contributed by atoms with Crippen LogP contribution in [0.5, 0.6) is 0 Å². The number of benzene rings is 1. The van der Waals surface area contributed by atoms with E-state index < -0.39 is 6.03 Å². The summed E-state index contributed by atoms with van der Waals surface area (Å²) < 4.78 is 0.